The molecule has 94 valence electrons. The van der Waals surface area contributed by atoms with Crippen molar-refractivity contribution in [2.24, 2.45) is 0 Å². The maximum Gasteiger partial charge on any atom is 0.316 e. The smallest absolute Gasteiger partial charge is 0.316 e. The normalized spacial score (nSPS) is 12.3. The van der Waals surface area contributed by atoms with E-state index in [-0.39, 0.29) is 0 Å². The summed E-state index contributed by atoms with van der Waals surface area (Å²) in [7, 11) is 1.64. The minimum absolute atomic E-state index is 0.444. The Bertz CT molecular complexity index is 580. The van der Waals surface area contributed by atoms with Gasteiger partial charge in [0.2, 0.25) is 0 Å². The second-order valence-corrected chi connectivity index (χ2v) is 5.39. The molecule has 2 aromatic rings. The van der Waals surface area contributed by atoms with E-state index in [9.17, 15) is 4.79 Å². The van der Waals surface area contributed by atoms with Crippen molar-refractivity contribution in [1.29, 1.82) is 0 Å². The number of thioether (sulfide) groups is 1. The standard InChI is InChI=1S/C14H14O3S/c1-9(14(15)16)18-13-6-4-10-7-12(17-2)5-3-11(10)8-13/h3-9H,1-2H3,(H,15,16). The molecule has 1 unspecified atom stereocenters. The molecule has 0 amide bonds. The van der Waals surface area contributed by atoms with Gasteiger partial charge in [-0.1, -0.05) is 12.1 Å². The molecule has 2 aromatic carbocycles. The lowest BCUT2D eigenvalue weighted by Gasteiger charge is -2.08. The number of fused-ring (bicyclic) bond motifs is 1. The molecule has 0 aliphatic heterocycles. The van der Waals surface area contributed by atoms with Crippen LogP contribution in [-0.4, -0.2) is 23.4 Å². The van der Waals surface area contributed by atoms with Crippen molar-refractivity contribution in [2.45, 2.75) is 17.1 Å². The summed E-state index contributed by atoms with van der Waals surface area (Å²) >= 11 is 1.35. The van der Waals surface area contributed by atoms with Gasteiger partial charge in [0.1, 0.15) is 11.0 Å². The number of ether oxygens (including phenoxy) is 1. The first-order chi connectivity index (χ1) is 8.60. The van der Waals surface area contributed by atoms with Crippen LogP contribution in [0.4, 0.5) is 0 Å². The lowest BCUT2D eigenvalue weighted by molar-refractivity contribution is -0.136. The van der Waals surface area contributed by atoms with Gasteiger partial charge in [-0.3, -0.25) is 4.79 Å². The van der Waals surface area contributed by atoms with Gasteiger partial charge in [0.15, 0.2) is 0 Å². The number of carboxylic acid groups (broad SMARTS) is 1. The highest BCUT2D eigenvalue weighted by Gasteiger charge is 2.12. The first kappa shape index (κ1) is 12.8. The lowest BCUT2D eigenvalue weighted by Crippen LogP contribution is -2.10. The number of carboxylic acids is 1. The average molecular weight is 262 g/mol. The molecule has 0 bridgehead atoms. The zero-order chi connectivity index (χ0) is 13.1. The Morgan fingerprint density at radius 3 is 2.56 bits per heavy atom. The molecule has 18 heavy (non-hydrogen) atoms. The highest BCUT2D eigenvalue weighted by molar-refractivity contribution is 8.00. The van der Waals surface area contributed by atoms with Gasteiger partial charge in [0.25, 0.3) is 0 Å². The third kappa shape index (κ3) is 2.76. The summed E-state index contributed by atoms with van der Waals surface area (Å²) in [6.45, 7) is 1.69. The third-order valence-electron chi connectivity index (χ3n) is 2.68. The van der Waals surface area contributed by atoms with Crippen LogP contribution < -0.4 is 4.74 Å². The van der Waals surface area contributed by atoms with E-state index >= 15 is 0 Å². The predicted molar refractivity (Wildman–Crippen MR) is 73.5 cm³/mol. The van der Waals surface area contributed by atoms with Crippen LogP contribution in [-0.2, 0) is 4.79 Å². The second kappa shape index (κ2) is 5.31. The van der Waals surface area contributed by atoms with E-state index in [4.69, 9.17) is 9.84 Å². The molecule has 0 saturated carbocycles. The summed E-state index contributed by atoms with van der Waals surface area (Å²) in [4.78, 5) is 11.8. The van der Waals surface area contributed by atoms with Crippen LogP contribution in [0.3, 0.4) is 0 Å². The maximum absolute atomic E-state index is 10.8. The van der Waals surface area contributed by atoms with Gasteiger partial charge >= 0.3 is 5.97 Å². The molecule has 2 rings (SSSR count). The summed E-state index contributed by atoms with van der Waals surface area (Å²) in [6, 6.07) is 11.8. The molecule has 0 aliphatic rings. The summed E-state index contributed by atoms with van der Waals surface area (Å²) < 4.78 is 5.17. The molecule has 0 spiro atoms. The van der Waals surface area contributed by atoms with Gasteiger partial charge in [-0.25, -0.2) is 0 Å². The molecule has 0 fully saturated rings. The van der Waals surface area contributed by atoms with Crippen molar-refractivity contribution in [3.05, 3.63) is 36.4 Å². The monoisotopic (exact) mass is 262 g/mol. The van der Waals surface area contributed by atoms with Crippen LogP contribution in [0.2, 0.25) is 0 Å². The first-order valence-corrected chi connectivity index (χ1v) is 6.45. The summed E-state index contributed by atoms with van der Waals surface area (Å²) in [5.74, 6) is 0.0247. The number of aliphatic carboxylic acids is 1. The zero-order valence-corrected chi connectivity index (χ0v) is 11.0. The van der Waals surface area contributed by atoms with Crippen molar-refractivity contribution in [2.75, 3.05) is 7.11 Å². The topological polar surface area (TPSA) is 46.5 Å². The fraction of sp³-hybridized carbons (Fsp3) is 0.214. The molecular formula is C14H14O3S. The quantitative estimate of drug-likeness (QED) is 0.858. The van der Waals surface area contributed by atoms with Gasteiger partial charge in [-0.15, -0.1) is 11.8 Å². The molecule has 0 aromatic heterocycles. The lowest BCUT2D eigenvalue weighted by atomic mass is 10.1. The summed E-state index contributed by atoms with van der Waals surface area (Å²) in [6.07, 6.45) is 0. The number of hydrogen-bond acceptors (Lipinski definition) is 3. The summed E-state index contributed by atoms with van der Waals surface area (Å²) in [5, 5.41) is 10.6. The Morgan fingerprint density at radius 1 is 1.22 bits per heavy atom. The maximum atomic E-state index is 10.8. The van der Waals surface area contributed by atoms with Crippen LogP contribution in [0, 0.1) is 0 Å². The van der Waals surface area contributed by atoms with Gasteiger partial charge < -0.3 is 9.84 Å². The molecule has 1 N–H and O–H groups in total. The van der Waals surface area contributed by atoms with Gasteiger partial charge in [0.05, 0.1) is 7.11 Å². The van der Waals surface area contributed by atoms with Crippen LogP contribution in [0.25, 0.3) is 10.8 Å². The Balaban J connectivity index is 2.30. The minimum atomic E-state index is -0.796. The van der Waals surface area contributed by atoms with E-state index in [1.165, 1.54) is 11.8 Å². The Labute approximate surface area is 110 Å². The van der Waals surface area contributed by atoms with Crippen molar-refractivity contribution in [3.8, 4) is 5.75 Å². The van der Waals surface area contributed by atoms with E-state index in [0.717, 1.165) is 21.4 Å². The van der Waals surface area contributed by atoms with E-state index in [1.54, 1.807) is 14.0 Å². The SMILES string of the molecule is COc1ccc2cc(SC(C)C(=O)O)ccc2c1. The van der Waals surface area contributed by atoms with Crippen LogP contribution >= 0.6 is 11.8 Å². The van der Waals surface area contributed by atoms with Gasteiger partial charge in [-0.2, -0.15) is 0 Å². The van der Waals surface area contributed by atoms with Crippen molar-refractivity contribution >= 4 is 28.5 Å². The van der Waals surface area contributed by atoms with Gasteiger partial charge in [-0.05, 0) is 42.0 Å². The Hall–Kier alpha value is -1.68. The van der Waals surface area contributed by atoms with Crippen molar-refractivity contribution < 1.29 is 14.6 Å². The zero-order valence-electron chi connectivity index (χ0n) is 10.2. The Kier molecular flexibility index (Phi) is 3.77. The number of hydrogen-bond donors (Lipinski definition) is 1. The molecule has 4 heteroatoms. The molecule has 0 radical (unpaired) electrons. The molecule has 0 aliphatic carbocycles. The fourth-order valence-corrected chi connectivity index (χ4v) is 2.51. The molecule has 0 heterocycles. The fourth-order valence-electron chi connectivity index (χ4n) is 1.66. The number of methoxy groups -OCH3 is 1. The molecular weight excluding hydrogens is 248 g/mol. The van der Waals surface area contributed by atoms with Crippen LogP contribution in [0.1, 0.15) is 6.92 Å². The van der Waals surface area contributed by atoms with Crippen molar-refractivity contribution in [3.63, 3.8) is 0 Å². The number of rotatable bonds is 4. The van der Waals surface area contributed by atoms with E-state index < -0.39 is 11.2 Å². The van der Waals surface area contributed by atoms with E-state index in [0.29, 0.717) is 0 Å². The molecule has 3 nitrogen and oxygen atoms in total. The van der Waals surface area contributed by atoms with Crippen LogP contribution in [0.15, 0.2) is 41.3 Å². The Morgan fingerprint density at radius 2 is 1.89 bits per heavy atom. The van der Waals surface area contributed by atoms with Crippen LogP contribution in [0.5, 0.6) is 5.75 Å². The molecule has 0 saturated heterocycles. The van der Waals surface area contributed by atoms with E-state index in [1.807, 2.05) is 36.4 Å². The number of benzene rings is 2. The summed E-state index contributed by atoms with van der Waals surface area (Å²) in [5.41, 5.74) is 0. The minimum Gasteiger partial charge on any atom is -0.497 e. The average Bonchev–Trinajstić information content (AvgIpc) is 2.37. The van der Waals surface area contributed by atoms with E-state index in [2.05, 4.69) is 0 Å². The highest BCUT2D eigenvalue weighted by Crippen LogP contribution is 2.28. The van der Waals surface area contributed by atoms with Gasteiger partial charge in [0, 0.05) is 4.90 Å². The first-order valence-electron chi connectivity index (χ1n) is 5.57. The van der Waals surface area contributed by atoms with Crippen molar-refractivity contribution in [1.82, 2.24) is 0 Å². The highest BCUT2D eigenvalue weighted by atomic mass is 32.2. The molecule has 1 atom stereocenters. The third-order valence-corrected chi connectivity index (χ3v) is 3.76. The largest absolute Gasteiger partial charge is 0.497 e. The predicted octanol–water partition coefficient (Wildman–Crippen LogP) is 3.41. The number of carbonyl (C=O) groups is 1. The second-order valence-electron chi connectivity index (χ2n) is 3.97.